The lowest BCUT2D eigenvalue weighted by Gasteiger charge is -2.25. The molecule has 1 fully saturated rings. The van der Waals surface area contributed by atoms with Crippen LogP contribution in [0.1, 0.15) is 18.4 Å². The van der Waals surface area contributed by atoms with E-state index in [1.54, 1.807) is 12.2 Å². The highest BCUT2D eigenvalue weighted by molar-refractivity contribution is 7.22. The van der Waals surface area contributed by atoms with Gasteiger partial charge < -0.3 is 5.32 Å². The minimum absolute atomic E-state index is 0.0726. The number of anilines is 1. The lowest BCUT2D eigenvalue weighted by Crippen LogP contribution is -2.40. The average molecular weight is 391 g/mol. The first-order valence-corrected chi connectivity index (χ1v) is 9.96. The van der Waals surface area contributed by atoms with Gasteiger partial charge in [0.25, 0.3) is 0 Å². The van der Waals surface area contributed by atoms with Crippen LogP contribution in [0.3, 0.4) is 0 Å². The maximum atomic E-state index is 11.8. The molecule has 0 aliphatic carbocycles. The number of piperidine rings is 1. The van der Waals surface area contributed by atoms with E-state index in [-0.39, 0.29) is 12.0 Å². The summed E-state index contributed by atoms with van der Waals surface area (Å²) >= 11 is 1.54. The molecule has 5 nitrogen and oxygen atoms in total. The fourth-order valence-corrected chi connectivity index (χ4v) is 3.93. The molecule has 0 amide bonds. The molecule has 0 radical (unpaired) electrons. The Bertz CT molecular complexity index is 1050. The number of carbonyl (C=O) groups excluding carboxylic acids is 1. The number of thiazole rings is 1. The van der Waals surface area contributed by atoms with Crippen molar-refractivity contribution in [1.29, 1.82) is 0 Å². The number of rotatable bonds is 5. The second-order valence-corrected chi connectivity index (χ2v) is 7.73. The van der Waals surface area contributed by atoms with Crippen molar-refractivity contribution in [3.8, 4) is 11.1 Å². The monoisotopic (exact) mass is 391 g/mol. The Balaban J connectivity index is 1.46. The number of nitrogens with zero attached hydrogens (tertiary/aromatic N) is 1. The molecule has 1 aliphatic rings. The molecule has 1 atom stereocenters. The molecule has 1 unspecified atom stereocenters. The van der Waals surface area contributed by atoms with Crippen LogP contribution in [0.5, 0.6) is 0 Å². The third-order valence-corrected chi connectivity index (χ3v) is 5.51. The maximum Gasteiger partial charge on any atom is 0.208 e. The van der Waals surface area contributed by atoms with Crippen LogP contribution >= 0.6 is 11.3 Å². The average Bonchev–Trinajstić information content (AvgIpc) is 3.11. The first-order valence-electron chi connectivity index (χ1n) is 9.14. The Morgan fingerprint density at radius 3 is 2.82 bits per heavy atom. The summed E-state index contributed by atoms with van der Waals surface area (Å²) in [6.45, 7) is 5.72. The molecule has 0 bridgehead atoms. The van der Waals surface area contributed by atoms with Gasteiger partial charge in [-0.1, -0.05) is 59.9 Å². The first kappa shape index (κ1) is 18.4. The molecule has 6 heteroatoms. The van der Waals surface area contributed by atoms with Gasteiger partial charge in [0.05, 0.1) is 15.9 Å². The van der Waals surface area contributed by atoms with Crippen molar-refractivity contribution in [3.63, 3.8) is 0 Å². The highest BCUT2D eigenvalue weighted by atomic mass is 32.1. The summed E-state index contributed by atoms with van der Waals surface area (Å²) in [5.74, 6) is 0.0726. The molecule has 1 aromatic heterocycles. The zero-order valence-corrected chi connectivity index (χ0v) is 16.4. The Hall–Kier alpha value is -2.96. The molecule has 4 rings (SSSR count). The maximum absolute atomic E-state index is 11.8. The van der Waals surface area contributed by atoms with Crippen molar-refractivity contribution in [1.82, 2.24) is 10.3 Å². The van der Waals surface area contributed by atoms with Crippen molar-refractivity contribution in [2.24, 2.45) is 0 Å². The molecule has 142 valence electrons. The Morgan fingerprint density at radius 1 is 1.25 bits per heavy atom. The van der Waals surface area contributed by atoms with Gasteiger partial charge in [-0.05, 0) is 36.3 Å². The molecular formula is C22H21N3O2S. The smallest absolute Gasteiger partial charge is 0.208 e. The van der Waals surface area contributed by atoms with Gasteiger partial charge in [0.15, 0.2) is 12.0 Å². The summed E-state index contributed by atoms with van der Waals surface area (Å²) in [5, 5.41) is 3.76. The topological polar surface area (TPSA) is 63.2 Å². The van der Waals surface area contributed by atoms with Gasteiger partial charge in [-0.15, -0.1) is 0 Å². The van der Waals surface area contributed by atoms with Crippen LogP contribution in [0.2, 0.25) is 0 Å². The van der Waals surface area contributed by atoms with Crippen LogP contribution < -0.4 is 10.8 Å². The molecule has 3 aromatic rings. The van der Waals surface area contributed by atoms with Crippen molar-refractivity contribution in [2.45, 2.75) is 26.0 Å². The summed E-state index contributed by atoms with van der Waals surface area (Å²) in [5.41, 5.74) is 7.97. The number of hydrogen-bond acceptors (Lipinski definition) is 6. The van der Waals surface area contributed by atoms with Gasteiger partial charge >= 0.3 is 0 Å². The third-order valence-electron chi connectivity index (χ3n) is 4.60. The van der Waals surface area contributed by atoms with Gasteiger partial charge in [0, 0.05) is 12.8 Å². The van der Waals surface area contributed by atoms with E-state index in [4.69, 9.17) is 4.84 Å². The van der Waals surface area contributed by atoms with E-state index in [9.17, 15) is 4.79 Å². The molecule has 1 aliphatic heterocycles. The number of Topliss-reactive ketones (excluding diaryl/α,β-unsaturated/α-hetero) is 1. The first-order chi connectivity index (χ1) is 13.6. The normalized spacial score (nSPS) is 18.2. The van der Waals surface area contributed by atoms with Gasteiger partial charge in [-0.25, -0.2) is 15.3 Å². The second kappa shape index (κ2) is 7.96. The van der Waals surface area contributed by atoms with Gasteiger partial charge in [0.2, 0.25) is 5.13 Å². The Labute approximate surface area is 167 Å². The van der Waals surface area contributed by atoms with Crippen LogP contribution in [0.15, 0.2) is 66.9 Å². The number of aryl methyl sites for hydroxylation is 1. The zero-order chi connectivity index (χ0) is 19.5. The number of fused-ring (bicyclic) bond motifs is 1. The van der Waals surface area contributed by atoms with Crippen LogP contribution in [0.25, 0.3) is 21.3 Å². The number of carbonyl (C=O) groups is 1. The van der Waals surface area contributed by atoms with Crippen molar-refractivity contribution in [3.05, 3.63) is 72.5 Å². The molecule has 0 spiro atoms. The predicted molar refractivity (Wildman–Crippen MR) is 114 cm³/mol. The van der Waals surface area contributed by atoms with E-state index in [1.807, 2.05) is 6.07 Å². The van der Waals surface area contributed by atoms with E-state index in [1.165, 1.54) is 22.5 Å². The number of aromatic nitrogens is 1. The van der Waals surface area contributed by atoms with Gasteiger partial charge in [-0.2, -0.15) is 0 Å². The van der Waals surface area contributed by atoms with E-state index >= 15 is 0 Å². The highest BCUT2D eigenvalue weighted by Crippen LogP contribution is 2.31. The number of allylic oxidation sites excluding steroid dienone is 3. The number of benzene rings is 2. The molecule has 2 aromatic carbocycles. The van der Waals surface area contributed by atoms with Crippen LogP contribution in [-0.4, -0.2) is 17.0 Å². The number of hydrogen-bond donors (Lipinski definition) is 2. The third kappa shape index (κ3) is 3.98. The molecular weight excluding hydrogens is 370 g/mol. The minimum Gasteiger partial charge on any atom is -0.355 e. The fourth-order valence-electron chi connectivity index (χ4n) is 3.09. The quantitative estimate of drug-likeness (QED) is 0.475. The Kier molecular flexibility index (Phi) is 5.23. The molecule has 1 saturated heterocycles. The zero-order valence-electron chi connectivity index (χ0n) is 15.6. The molecule has 0 saturated carbocycles. The van der Waals surface area contributed by atoms with Crippen LogP contribution in [-0.2, 0) is 9.63 Å². The summed E-state index contributed by atoms with van der Waals surface area (Å²) in [6.07, 6.45) is 4.01. The lowest BCUT2D eigenvalue weighted by molar-refractivity contribution is -0.118. The van der Waals surface area contributed by atoms with Crippen LogP contribution in [0, 0.1) is 6.92 Å². The minimum atomic E-state index is -0.293. The largest absolute Gasteiger partial charge is 0.355 e. The van der Waals surface area contributed by atoms with Crippen molar-refractivity contribution >= 4 is 32.5 Å². The molecule has 2 heterocycles. The Morgan fingerprint density at radius 2 is 2.04 bits per heavy atom. The van der Waals surface area contributed by atoms with E-state index < -0.39 is 0 Å². The van der Waals surface area contributed by atoms with Gasteiger partial charge in [-0.3, -0.25) is 4.79 Å². The second-order valence-electron chi connectivity index (χ2n) is 6.70. The summed E-state index contributed by atoms with van der Waals surface area (Å²) in [6, 6.07) is 14.7. The molecule has 2 N–H and O–H groups in total. The summed E-state index contributed by atoms with van der Waals surface area (Å²) < 4.78 is 1.09. The number of ketones is 1. The number of nitrogens with one attached hydrogen (secondary N) is 2. The van der Waals surface area contributed by atoms with Crippen molar-refractivity contribution < 1.29 is 9.63 Å². The van der Waals surface area contributed by atoms with E-state index in [2.05, 4.69) is 65.7 Å². The lowest BCUT2D eigenvalue weighted by atomic mass is 10.0. The van der Waals surface area contributed by atoms with Crippen LogP contribution in [0.4, 0.5) is 5.13 Å². The summed E-state index contributed by atoms with van der Waals surface area (Å²) in [7, 11) is 0. The van der Waals surface area contributed by atoms with Gasteiger partial charge in [0.1, 0.15) is 0 Å². The summed E-state index contributed by atoms with van der Waals surface area (Å²) in [4.78, 5) is 22.1. The standard InChI is InChI=1S/C22H21N3O2S/c1-3-4-17-19(26)11-12-21(23-17)27-25-22-24-18-10-9-16(13-20(18)28-22)15-7-5-14(2)6-8-15/h3-10,13,21,23H,1,11-12H2,2H3,(H,24,25)/b17-4-. The SMILES string of the molecule is C=C/C=C1\NC(ONc2nc3ccc(-c4ccc(C)cc4)cc3s2)CCC1=O. The highest BCUT2D eigenvalue weighted by Gasteiger charge is 2.23. The molecule has 28 heavy (non-hydrogen) atoms. The predicted octanol–water partition coefficient (Wildman–Crippen LogP) is 4.96. The van der Waals surface area contributed by atoms with E-state index in [0.717, 1.165) is 15.8 Å². The van der Waals surface area contributed by atoms with Crippen molar-refractivity contribution in [2.75, 3.05) is 5.48 Å². The van der Waals surface area contributed by atoms with E-state index in [0.29, 0.717) is 23.7 Å². The fraction of sp³-hybridized carbons (Fsp3) is 0.182.